The first-order valence-electron chi connectivity index (χ1n) is 18.8. The summed E-state index contributed by atoms with van der Waals surface area (Å²) in [5, 5.41) is 26.5. The fraction of sp³-hybridized carbons (Fsp3) is 0.341. The second-order valence-electron chi connectivity index (χ2n) is 13.8. The van der Waals surface area contributed by atoms with Gasteiger partial charge in [-0.05, 0) is 55.0 Å². The molecular formula is C41H51N9O8. The predicted molar refractivity (Wildman–Crippen MR) is 217 cm³/mol. The zero-order valence-corrected chi connectivity index (χ0v) is 32.7. The molecule has 4 atom stereocenters. The van der Waals surface area contributed by atoms with E-state index >= 15 is 0 Å². The largest absolute Gasteiger partial charge is 0.481 e. The lowest BCUT2D eigenvalue weighted by Gasteiger charge is -2.31. The van der Waals surface area contributed by atoms with Gasteiger partial charge in [0.1, 0.15) is 24.2 Å². The summed E-state index contributed by atoms with van der Waals surface area (Å²) in [7, 11) is 2.62. The molecule has 4 aromatic rings. The third-order valence-corrected chi connectivity index (χ3v) is 9.59. The Morgan fingerprint density at radius 1 is 0.776 bits per heavy atom. The molecule has 0 saturated heterocycles. The molecule has 3 aromatic carbocycles. The van der Waals surface area contributed by atoms with Gasteiger partial charge in [0, 0.05) is 56.3 Å². The van der Waals surface area contributed by atoms with Crippen molar-refractivity contribution in [2.45, 2.75) is 69.6 Å². The number of nitrogens with one attached hydrogen (secondary N) is 7. The number of unbranched alkanes of at least 4 members (excludes halogenated alkanes) is 1. The van der Waals surface area contributed by atoms with E-state index in [0.29, 0.717) is 24.1 Å². The number of H-pyrrole nitrogens is 1. The number of carbonyl (C=O) groups excluding carboxylic acids is 6. The Hall–Kier alpha value is -6.91. The van der Waals surface area contributed by atoms with Crippen LogP contribution in [0.15, 0.2) is 85.1 Å². The van der Waals surface area contributed by atoms with E-state index in [9.17, 15) is 38.7 Å². The number of aromatic amines is 1. The quantitative estimate of drug-likeness (QED) is 0.0599. The summed E-state index contributed by atoms with van der Waals surface area (Å²) in [6.45, 7) is 2.07. The third-order valence-electron chi connectivity index (χ3n) is 9.59. The number of hydrogen-bond donors (Lipinski definition) is 9. The first-order valence-corrected chi connectivity index (χ1v) is 18.8. The van der Waals surface area contributed by atoms with Crippen LogP contribution < -0.4 is 37.6 Å². The Bertz CT molecular complexity index is 2070. The van der Waals surface area contributed by atoms with E-state index in [2.05, 4.69) is 36.9 Å². The number of primary amides is 1. The lowest BCUT2D eigenvalue weighted by Crippen LogP contribution is -2.59. The lowest BCUT2D eigenvalue weighted by atomic mass is 10.0. The van der Waals surface area contributed by atoms with E-state index in [4.69, 9.17) is 5.73 Å². The van der Waals surface area contributed by atoms with Gasteiger partial charge in [0.2, 0.25) is 23.6 Å². The first-order chi connectivity index (χ1) is 27.8. The van der Waals surface area contributed by atoms with Crippen LogP contribution in [0, 0.1) is 6.92 Å². The van der Waals surface area contributed by atoms with Gasteiger partial charge in [-0.3, -0.25) is 24.0 Å². The molecule has 0 unspecified atom stereocenters. The van der Waals surface area contributed by atoms with Crippen LogP contribution in [-0.2, 0) is 36.8 Å². The van der Waals surface area contributed by atoms with Gasteiger partial charge in [-0.2, -0.15) is 0 Å². The van der Waals surface area contributed by atoms with E-state index in [1.807, 2.05) is 43.3 Å². The molecule has 1 heterocycles. The van der Waals surface area contributed by atoms with Crippen LogP contribution in [0.2, 0.25) is 0 Å². The number of hydrogen-bond acceptors (Lipinski definition) is 7. The van der Waals surface area contributed by atoms with Gasteiger partial charge in [-0.25, -0.2) is 9.59 Å². The molecule has 8 amide bonds. The number of aromatic nitrogens is 1. The summed E-state index contributed by atoms with van der Waals surface area (Å²) in [5.41, 5.74) is 9.35. The van der Waals surface area contributed by atoms with Gasteiger partial charge in [0.05, 0.1) is 6.42 Å². The van der Waals surface area contributed by atoms with Gasteiger partial charge in [-0.1, -0.05) is 66.7 Å². The van der Waals surface area contributed by atoms with Crippen LogP contribution in [0.4, 0.5) is 15.3 Å². The third kappa shape index (κ3) is 12.8. The zero-order chi connectivity index (χ0) is 42.2. The highest BCUT2D eigenvalue weighted by Gasteiger charge is 2.36. The highest BCUT2D eigenvalue weighted by atomic mass is 16.4. The molecule has 4 rings (SSSR count). The normalized spacial score (nSPS) is 12.9. The van der Waals surface area contributed by atoms with Crippen molar-refractivity contribution in [3.63, 3.8) is 0 Å². The Balaban J connectivity index is 1.54. The van der Waals surface area contributed by atoms with Crippen LogP contribution in [0.3, 0.4) is 0 Å². The SMILES string of the molecule is CNC(=O)N[C@@H](Cc1c[nH]c2ccccc12)C(=O)N[C@@H](CCCCNC(=O)Nc1ccccc1C)C(=O)N(C)[C@@H](CC(=O)O)C(=O)N[C@@H](Cc1ccccc1)C(N)=O. The Labute approximate surface area is 335 Å². The number of urea groups is 2. The summed E-state index contributed by atoms with van der Waals surface area (Å²) in [6, 6.07) is 17.0. The number of likely N-dealkylation sites (N-methyl/N-ethyl adjacent to an activating group) is 1. The number of anilines is 1. The van der Waals surface area contributed by atoms with Crippen molar-refractivity contribution in [2.24, 2.45) is 5.73 Å². The summed E-state index contributed by atoms with van der Waals surface area (Å²) in [5.74, 6) is -4.72. The topological polar surface area (TPSA) is 257 Å². The maximum absolute atomic E-state index is 14.3. The molecular weight excluding hydrogens is 747 g/mol. The first kappa shape index (κ1) is 43.8. The fourth-order valence-electron chi connectivity index (χ4n) is 6.36. The summed E-state index contributed by atoms with van der Waals surface area (Å²) < 4.78 is 0. The lowest BCUT2D eigenvalue weighted by molar-refractivity contribution is -0.147. The Kier molecular flexibility index (Phi) is 16.2. The fourth-order valence-corrected chi connectivity index (χ4v) is 6.36. The minimum Gasteiger partial charge on any atom is -0.481 e. The Morgan fingerprint density at radius 2 is 1.45 bits per heavy atom. The molecule has 0 spiro atoms. The highest BCUT2D eigenvalue weighted by Crippen LogP contribution is 2.20. The molecule has 0 fully saturated rings. The van der Waals surface area contributed by atoms with Crippen LogP contribution >= 0.6 is 0 Å². The minimum atomic E-state index is -1.61. The number of amides is 8. The molecule has 308 valence electrons. The van der Waals surface area contributed by atoms with Crippen LogP contribution in [0.1, 0.15) is 42.4 Å². The molecule has 0 radical (unpaired) electrons. The standard InChI is InChI=1S/C41H51N9O8/c1-25-13-7-9-17-29(25)48-41(58)44-20-12-11-19-31(46-37(54)33(49-40(57)43-2)22-27-24-45-30-18-10-8-16-28(27)30)39(56)50(3)34(23-35(51)52)38(55)47-32(36(42)53)21-26-14-5-4-6-15-26/h4-10,13-18,24,31-34,45H,11-12,19-23H2,1-3H3,(H2,42,53)(H,46,54)(H,47,55)(H,51,52)(H2,43,49,57)(H2,44,48,58)/t31-,32-,33-,34-/m0/s1. The molecule has 0 bridgehead atoms. The molecule has 0 aliphatic carbocycles. The van der Waals surface area contributed by atoms with Gasteiger partial charge in [0.15, 0.2) is 0 Å². The molecule has 1 aromatic heterocycles. The van der Waals surface area contributed by atoms with E-state index in [-0.39, 0.29) is 25.8 Å². The Morgan fingerprint density at radius 3 is 2.14 bits per heavy atom. The van der Waals surface area contributed by atoms with Gasteiger partial charge < -0.3 is 52.6 Å². The van der Waals surface area contributed by atoms with Gasteiger partial charge in [0.25, 0.3) is 0 Å². The van der Waals surface area contributed by atoms with Crippen molar-refractivity contribution in [1.29, 1.82) is 0 Å². The highest BCUT2D eigenvalue weighted by molar-refractivity contribution is 5.97. The maximum atomic E-state index is 14.3. The van der Waals surface area contributed by atoms with Crippen molar-refractivity contribution >= 4 is 58.3 Å². The van der Waals surface area contributed by atoms with Gasteiger partial charge in [-0.15, -0.1) is 0 Å². The van der Waals surface area contributed by atoms with Crippen LogP contribution in [0.5, 0.6) is 0 Å². The van der Waals surface area contributed by atoms with E-state index in [0.717, 1.165) is 26.9 Å². The molecule has 58 heavy (non-hydrogen) atoms. The summed E-state index contributed by atoms with van der Waals surface area (Å²) in [6.07, 6.45) is 1.63. The summed E-state index contributed by atoms with van der Waals surface area (Å²) in [4.78, 5) is 95.5. The minimum absolute atomic E-state index is 0.00904. The number of carbonyl (C=O) groups is 7. The van der Waals surface area contributed by atoms with E-state index in [1.54, 1.807) is 48.7 Å². The van der Waals surface area contributed by atoms with Crippen LogP contribution in [-0.4, -0.2) is 101 Å². The van der Waals surface area contributed by atoms with Crippen molar-refractivity contribution < 1.29 is 38.7 Å². The summed E-state index contributed by atoms with van der Waals surface area (Å²) >= 11 is 0. The van der Waals surface area contributed by atoms with Crippen molar-refractivity contribution in [3.05, 3.63) is 102 Å². The smallest absolute Gasteiger partial charge is 0.319 e. The number of nitrogens with two attached hydrogens (primary N) is 1. The number of benzene rings is 3. The molecule has 0 aliphatic rings. The maximum Gasteiger partial charge on any atom is 0.319 e. The number of para-hydroxylation sites is 2. The number of rotatable bonds is 20. The van der Waals surface area contributed by atoms with Crippen molar-refractivity contribution in [1.82, 2.24) is 36.5 Å². The number of nitrogens with zero attached hydrogens (tertiary/aromatic N) is 1. The number of carboxylic acid groups (broad SMARTS) is 1. The second kappa shape index (κ2) is 21.4. The average Bonchev–Trinajstić information content (AvgIpc) is 3.61. The van der Waals surface area contributed by atoms with Gasteiger partial charge >= 0.3 is 18.0 Å². The molecule has 10 N–H and O–H groups in total. The predicted octanol–water partition coefficient (Wildman–Crippen LogP) is 2.31. The average molecular weight is 798 g/mol. The number of carboxylic acids is 1. The van der Waals surface area contributed by atoms with Crippen molar-refractivity contribution in [3.8, 4) is 0 Å². The van der Waals surface area contributed by atoms with E-state index in [1.165, 1.54) is 14.1 Å². The van der Waals surface area contributed by atoms with Crippen molar-refractivity contribution in [2.75, 3.05) is 26.0 Å². The monoisotopic (exact) mass is 797 g/mol. The van der Waals surface area contributed by atoms with Crippen LogP contribution in [0.25, 0.3) is 10.9 Å². The molecule has 0 saturated carbocycles. The number of aliphatic carboxylic acids is 1. The number of fused-ring (bicyclic) bond motifs is 1. The number of aryl methyl sites for hydroxylation is 1. The second-order valence-corrected chi connectivity index (χ2v) is 13.8. The molecule has 17 heteroatoms. The van der Waals surface area contributed by atoms with E-state index < -0.39 is 72.2 Å². The molecule has 17 nitrogen and oxygen atoms in total. The zero-order valence-electron chi connectivity index (χ0n) is 32.7. The molecule has 0 aliphatic heterocycles.